The zero-order chi connectivity index (χ0) is 12.3. The summed E-state index contributed by atoms with van der Waals surface area (Å²) in [7, 11) is 1.78. The second kappa shape index (κ2) is 6.61. The van der Waals surface area contributed by atoms with Crippen molar-refractivity contribution in [3.63, 3.8) is 0 Å². The number of halogens is 1. The maximum absolute atomic E-state index is 10.8. The van der Waals surface area contributed by atoms with Crippen molar-refractivity contribution in [1.82, 2.24) is 14.7 Å². The molecule has 17 heavy (non-hydrogen) atoms. The monoisotopic (exact) mass is 261 g/mol. The number of likely N-dealkylation sites (N-methyl/N-ethyl adjacent to an activating group) is 1. The number of carboxylic acid groups (broad SMARTS) is 1. The minimum Gasteiger partial charge on any atom is -0.480 e. The van der Waals surface area contributed by atoms with Crippen molar-refractivity contribution in [2.24, 2.45) is 0 Å². The van der Waals surface area contributed by atoms with E-state index >= 15 is 0 Å². The molecule has 1 unspecified atom stereocenters. The number of hydrogen-bond acceptors (Lipinski definition) is 3. The van der Waals surface area contributed by atoms with Crippen molar-refractivity contribution in [2.45, 2.75) is 39.4 Å². The topological polar surface area (TPSA) is 58.4 Å². The van der Waals surface area contributed by atoms with Gasteiger partial charge in [0.05, 0.1) is 5.69 Å². The first-order valence-corrected chi connectivity index (χ1v) is 5.39. The number of aliphatic carboxylic acids is 1. The first kappa shape index (κ1) is 15.9. The van der Waals surface area contributed by atoms with Crippen LogP contribution in [0.25, 0.3) is 0 Å². The molecule has 0 fully saturated rings. The summed E-state index contributed by atoms with van der Waals surface area (Å²) in [6, 6.07) is 1.76. The van der Waals surface area contributed by atoms with Crippen LogP contribution in [-0.4, -0.2) is 38.8 Å². The van der Waals surface area contributed by atoms with Gasteiger partial charge in [0.1, 0.15) is 6.04 Å². The fourth-order valence-electron chi connectivity index (χ4n) is 1.33. The lowest BCUT2D eigenvalue weighted by Gasteiger charge is -2.19. The second-order valence-electron chi connectivity index (χ2n) is 4.31. The Morgan fingerprint density at radius 1 is 1.53 bits per heavy atom. The molecule has 1 N–H and O–H groups in total. The standard InChI is InChI=1S/C11H19N3O2.ClH/c1-8(2)14-6-5-10(12-14)7-13(4)9(3)11(15)16;/h5-6,8-9H,7H2,1-4H3,(H,15,16);1H. The van der Waals surface area contributed by atoms with Gasteiger partial charge in [-0.3, -0.25) is 14.4 Å². The van der Waals surface area contributed by atoms with Crippen molar-refractivity contribution >= 4 is 18.4 Å². The molecule has 0 radical (unpaired) electrons. The van der Waals surface area contributed by atoms with Gasteiger partial charge in [0, 0.05) is 18.8 Å². The molecule has 0 bridgehead atoms. The van der Waals surface area contributed by atoms with E-state index < -0.39 is 12.0 Å². The Hall–Kier alpha value is -1.07. The van der Waals surface area contributed by atoms with Crippen LogP contribution in [0.5, 0.6) is 0 Å². The number of aromatic nitrogens is 2. The third kappa shape index (κ3) is 4.36. The van der Waals surface area contributed by atoms with Gasteiger partial charge in [-0.15, -0.1) is 12.4 Å². The SMILES string of the molecule is CC(C(=O)O)N(C)Cc1ccn(C(C)C)n1.Cl. The molecule has 0 aliphatic rings. The maximum Gasteiger partial charge on any atom is 0.320 e. The van der Waals surface area contributed by atoms with E-state index in [1.165, 1.54) is 0 Å². The summed E-state index contributed by atoms with van der Waals surface area (Å²) >= 11 is 0. The Labute approximate surface area is 108 Å². The van der Waals surface area contributed by atoms with Gasteiger partial charge in [-0.05, 0) is 33.9 Å². The quantitative estimate of drug-likeness (QED) is 0.878. The number of rotatable bonds is 5. The molecule has 0 aromatic carbocycles. The zero-order valence-electron chi connectivity index (χ0n) is 10.6. The van der Waals surface area contributed by atoms with Crippen LogP contribution >= 0.6 is 12.4 Å². The molecule has 1 rings (SSSR count). The summed E-state index contributed by atoms with van der Waals surface area (Å²) < 4.78 is 1.87. The molecule has 0 aliphatic heterocycles. The van der Waals surface area contributed by atoms with E-state index in [9.17, 15) is 4.79 Å². The summed E-state index contributed by atoms with van der Waals surface area (Å²) in [5.41, 5.74) is 0.893. The number of hydrogen-bond donors (Lipinski definition) is 1. The lowest BCUT2D eigenvalue weighted by Crippen LogP contribution is -2.35. The number of carboxylic acids is 1. The van der Waals surface area contributed by atoms with E-state index in [0.29, 0.717) is 12.6 Å². The second-order valence-corrected chi connectivity index (χ2v) is 4.31. The third-order valence-corrected chi connectivity index (χ3v) is 2.62. The van der Waals surface area contributed by atoms with Crippen molar-refractivity contribution in [2.75, 3.05) is 7.05 Å². The number of carbonyl (C=O) groups is 1. The van der Waals surface area contributed by atoms with Crippen LogP contribution in [0.3, 0.4) is 0 Å². The summed E-state index contributed by atoms with van der Waals surface area (Å²) in [5, 5.41) is 13.2. The molecule has 0 saturated carbocycles. The third-order valence-electron chi connectivity index (χ3n) is 2.62. The highest BCUT2D eigenvalue weighted by Crippen LogP contribution is 2.07. The van der Waals surface area contributed by atoms with Crippen molar-refractivity contribution < 1.29 is 9.90 Å². The first-order valence-electron chi connectivity index (χ1n) is 5.39. The molecule has 0 saturated heterocycles. The van der Waals surface area contributed by atoms with E-state index in [1.54, 1.807) is 18.9 Å². The highest BCUT2D eigenvalue weighted by molar-refractivity contribution is 5.85. The zero-order valence-corrected chi connectivity index (χ0v) is 11.4. The lowest BCUT2D eigenvalue weighted by molar-refractivity contribution is -0.142. The van der Waals surface area contributed by atoms with Gasteiger partial charge in [-0.1, -0.05) is 0 Å². The van der Waals surface area contributed by atoms with Gasteiger partial charge in [0.15, 0.2) is 0 Å². The summed E-state index contributed by atoms with van der Waals surface area (Å²) in [6.07, 6.45) is 1.92. The van der Waals surface area contributed by atoms with Crippen LogP contribution in [0, 0.1) is 0 Å². The normalized spacial score (nSPS) is 12.6. The van der Waals surface area contributed by atoms with Crippen LogP contribution in [0.2, 0.25) is 0 Å². The molecule has 0 aliphatic carbocycles. The first-order chi connectivity index (χ1) is 7.41. The molecule has 0 spiro atoms. The van der Waals surface area contributed by atoms with Crippen LogP contribution < -0.4 is 0 Å². The van der Waals surface area contributed by atoms with Crippen LogP contribution in [-0.2, 0) is 11.3 Å². The minimum atomic E-state index is -0.814. The molecule has 6 heteroatoms. The van der Waals surface area contributed by atoms with E-state index in [-0.39, 0.29) is 12.4 Å². The van der Waals surface area contributed by atoms with Gasteiger partial charge < -0.3 is 5.11 Å². The fourth-order valence-corrected chi connectivity index (χ4v) is 1.33. The van der Waals surface area contributed by atoms with Gasteiger partial charge >= 0.3 is 5.97 Å². The van der Waals surface area contributed by atoms with E-state index in [2.05, 4.69) is 18.9 Å². The van der Waals surface area contributed by atoms with Gasteiger partial charge in [0.2, 0.25) is 0 Å². The summed E-state index contributed by atoms with van der Waals surface area (Å²) in [4.78, 5) is 12.5. The molecular formula is C11H20ClN3O2. The van der Waals surface area contributed by atoms with Crippen LogP contribution in [0.4, 0.5) is 0 Å². The molecule has 1 aromatic rings. The van der Waals surface area contributed by atoms with E-state index in [4.69, 9.17) is 5.11 Å². The highest BCUT2D eigenvalue weighted by atomic mass is 35.5. The van der Waals surface area contributed by atoms with E-state index in [1.807, 2.05) is 16.9 Å². The Morgan fingerprint density at radius 3 is 2.53 bits per heavy atom. The Balaban J connectivity index is 0.00000256. The molecular weight excluding hydrogens is 242 g/mol. The summed E-state index contributed by atoms with van der Waals surface area (Å²) in [6.45, 7) is 6.33. The molecule has 1 heterocycles. The molecule has 0 amide bonds. The largest absolute Gasteiger partial charge is 0.480 e. The van der Waals surface area contributed by atoms with Crippen molar-refractivity contribution in [3.8, 4) is 0 Å². The Kier molecular flexibility index (Phi) is 6.20. The molecule has 5 nitrogen and oxygen atoms in total. The maximum atomic E-state index is 10.8. The average molecular weight is 262 g/mol. The van der Waals surface area contributed by atoms with Crippen molar-refractivity contribution in [3.05, 3.63) is 18.0 Å². The van der Waals surface area contributed by atoms with Crippen molar-refractivity contribution in [1.29, 1.82) is 0 Å². The van der Waals surface area contributed by atoms with Crippen LogP contribution in [0.15, 0.2) is 12.3 Å². The molecule has 1 atom stereocenters. The van der Waals surface area contributed by atoms with E-state index in [0.717, 1.165) is 5.69 Å². The van der Waals surface area contributed by atoms with Gasteiger partial charge in [0.25, 0.3) is 0 Å². The summed E-state index contributed by atoms with van der Waals surface area (Å²) in [5.74, 6) is -0.814. The van der Waals surface area contributed by atoms with Gasteiger partial charge in [-0.25, -0.2) is 0 Å². The number of nitrogens with zero attached hydrogens (tertiary/aromatic N) is 3. The predicted molar refractivity (Wildman–Crippen MR) is 68.4 cm³/mol. The highest BCUT2D eigenvalue weighted by Gasteiger charge is 2.17. The fraction of sp³-hybridized carbons (Fsp3) is 0.636. The van der Waals surface area contributed by atoms with Crippen LogP contribution in [0.1, 0.15) is 32.5 Å². The Bertz CT molecular complexity index is 365. The smallest absolute Gasteiger partial charge is 0.320 e. The molecule has 98 valence electrons. The molecule has 1 aromatic heterocycles. The minimum absolute atomic E-state index is 0. The lowest BCUT2D eigenvalue weighted by atomic mass is 10.3. The predicted octanol–water partition coefficient (Wildman–Crippen LogP) is 1.79. The van der Waals surface area contributed by atoms with Gasteiger partial charge in [-0.2, -0.15) is 5.10 Å². The average Bonchev–Trinajstić information content (AvgIpc) is 2.64. The Morgan fingerprint density at radius 2 is 2.12 bits per heavy atom.